The van der Waals surface area contributed by atoms with Crippen LogP contribution in [0.1, 0.15) is 19.8 Å². The zero-order valence-corrected chi connectivity index (χ0v) is 16.1. The standard InChI is InChI=1S/C19H28F3N5O/c1-2-23-18(25-11-9-19(20,21)22)24-10-8-17(28)27-14-12-26(13-15-27)16-6-4-3-5-7-16/h3-7H,2,8-15H2,1H3,(H2,23,24,25). The van der Waals surface area contributed by atoms with Crippen LogP contribution in [-0.4, -0.2) is 68.8 Å². The summed E-state index contributed by atoms with van der Waals surface area (Å²) in [5.41, 5.74) is 1.15. The second-order valence-electron chi connectivity index (χ2n) is 6.51. The van der Waals surface area contributed by atoms with Gasteiger partial charge < -0.3 is 20.4 Å². The lowest BCUT2D eigenvalue weighted by molar-refractivity contribution is -0.132. The normalized spacial score (nSPS) is 15.5. The molecule has 0 bridgehead atoms. The Hall–Kier alpha value is -2.45. The van der Waals surface area contributed by atoms with Gasteiger partial charge in [-0.1, -0.05) is 18.2 Å². The number of anilines is 1. The number of aliphatic imine (C=N–C) groups is 1. The maximum Gasteiger partial charge on any atom is 0.390 e. The van der Waals surface area contributed by atoms with Crippen molar-refractivity contribution in [2.45, 2.75) is 25.9 Å². The smallest absolute Gasteiger partial charge is 0.368 e. The summed E-state index contributed by atoms with van der Waals surface area (Å²) in [7, 11) is 0. The van der Waals surface area contributed by atoms with Crippen molar-refractivity contribution < 1.29 is 18.0 Å². The van der Waals surface area contributed by atoms with Crippen LogP contribution in [0.4, 0.5) is 18.9 Å². The SMILES string of the molecule is CCNC(=NCCC(F)(F)F)NCCC(=O)N1CCN(c2ccccc2)CC1. The summed E-state index contributed by atoms with van der Waals surface area (Å²) in [5.74, 6) is 0.333. The van der Waals surface area contributed by atoms with Gasteiger partial charge in [0.2, 0.25) is 5.91 Å². The molecule has 1 aliphatic rings. The van der Waals surface area contributed by atoms with Crippen LogP contribution >= 0.6 is 0 Å². The van der Waals surface area contributed by atoms with Crippen LogP contribution in [0.2, 0.25) is 0 Å². The maximum absolute atomic E-state index is 12.4. The van der Waals surface area contributed by atoms with Crippen molar-refractivity contribution in [2.75, 3.05) is 50.7 Å². The molecule has 1 aromatic rings. The number of hydrogen-bond donors (Lipinski definition) is 2. The minimum atomic E-state index is -4.22. The van der Waals surface area contributed by atoms with Crippen LogP contribution in [0, 0.1) is 0 Å². The minimum absolute atomic E-state index is 0.0337. The van der Waals surface area contributed by atoms with Crippen molar-refractivity contribution in [1.29, 1.82) is 0 Å². The Balaban J connectivity index is 1.71. The third-order valence-corrected chi connectivity index (χ3v) is 4.39. The van der Waals surface area contributed by atoms with E-state index < -0.39 is 12.6 Å². The predicted molar refractivity (Wildman–Crippen MR) is 105 cm³/mol. The minimum Gasteiger partial charge on any atom is -0.368 e. The quantitative estimate of drug-likeness (QED) is 0.545. The van der Waals surface area contributed by atoms with Crippen molar-refractivity contribution >= 4 is 17.6 Å². The first-order valence-corrected chi connectivity index (χ1v) is 9.56. The lowest BCUT2D eigenvalue weighted by Crippen LogP contribution is -2.49. The van der Waals surface area contributed by atoms with Gasteiger partial charge in [0.15, 0.2) is 5.96 Å². The van der Waals surface area contributed by atoms with Gasteiger partial charge in [-0.2, -0.15) is 13.2 Å². The van der Waals surface area contributed by atoms with Crippen LogP contribution in [-0.2, 0) is 4.79 Å². The van der Waals surface area contributed by atoms with E-state index in [4.69, 9.17) is 0 Å². The van der Waals surface area contributed by atoms with E-state index >= 15 is 0 Å². The maximum atomic E-state index is 12.4. The number of halogens is 3. The second-order valence-corrected chi connectivity index (χ2v) is 6.51. The highest BCUT2D eigenvalue weighted by molar-refractivity contribution is 5.81. The molecule has 0 spiro atoms. The molecule has 2 rings (SSSR count). The van der Waals surface area contributed by atoms with Gasteiger partial charge in [0.1, 0.15) is 0 Å². The number of rotatable bonds is 7. The number of hydrogen-bond acceptors (Lipinski definition) is 3. The predicted octanol–water partition coefficient (Wildman–Crippen LogP) is 2.23. The highest BCUT2D eigenvalue weighted by atomic mass is 19.4. The molecule has 0 saturated carbocycles. The largest absolute Gasteiger partial charge is 0.390 e. The molecule has 0 aromatic heterocycles. The number of carbonyl (C=O) groups excluding carboxylic acids is 1. The Morgan fingerprint density at radius 2 is 1.79 bits per heavy atom. The Bertz CT molecular complexity index is 628. The number of nitrogens with zero attached hydrogens (tertiary/aromatic N) is 3. The van der Waals surface area contributed by atoms with Gasteiger partial charge in [0.25, 0.3) is 0 Å². The van der Waals surface area contributed by atoms with Crippen LogP contribution in [0.15, 0.2) is 35.3 Å². The van der Waals surface area contributed by atoms with Gasteiger partial charge in [-0.05, 0) is 19.1 Å². The number of alkyl halides is 3. The Morgan fingerprint density at radius 1 is 1.11 bits per heavy atom. The van der Waals surface area contributed by atoms with E-state index in [0.29, 0.717) is 32.1 Å². The van der Waals surface area contributed by atoms with E-state index in [1.54, 1.807) is 0 Å². The number of nitrogens with one attached hydrogen (secondary N) is 2. The fourth-order valence-corrected chi connectivity index (χ4v) is 2.94. The van der Waals surface area contributed by atoms with E-state index in [1.165, 1.54) is 0 Å². The van der Waals surface area contributed by atoms with E-state index in [-0.39, 0.29) is 18.9 Å². The molecule has 6 nitrogen and oxygen atoms in total. The molecule has 2 N–H and O–H groups in total. The number of carbonyl (C=O) groups is 1. The van der Waals surface area contributed by atoms with Gasteiger partial charge >= 0.3 is 6.18 Å². The molecule has 1 saturated heterocycles. The molecule has 1 aromatic carbocycles. The van der Waals surface area contributed by atoms with Gasteiger partial charge in [0.05, 0.1) is 13.0 Å². The summed E-state index contributed by atoms with van der Waals surface area (Å²) in [4.78, 5) is 20.4. The molecular weight excluding hydrogens is 371 g/mol. The van der Waals surface area contributed by atoms with Crippen LogP contribution in [0.25, 0.3) is 0 Å². The zero-order valence-electron chi connectivity index (χ0n) is 16.1. The molecule has 9 heteroatoms. The summed E-state index contributed by atoms with van der Waals surface area (Å²) in [6.45, 7) is 5.24. The number of para-hydroxylation sites is 1. The second kappa shape index (κ2) is 10.8. The molecule has 0 aliphatic carbocycles. The molecule has 1 amide bonds. The van der Waals surface area contributed by atoms with Gasteiger partial charge in [-0.25, -0.2) is 0 Å². The first-order chi connectivity index (χ1) is 13.4. The molecule has 1 aliphatic heterocycles. The van der Waals surface area contributed by atoms with Crippen molar-refractivity contribution in [3.05, 3.63) is 30.3 Å². The van der Waals surface area contributed by atoms with Crippen molar-refractivity contribution in [1.82, 2.24) is 15.5 Å². The van der Waals surface area contributed by atoms with Gasteiger partial charge in [-0.15, -0.1) is 0 Å². The molecule has 28 heavy (non-hydrogen) atoms. The van der Waals surface area contributed by atoms with Crippen molar-refractivity contribution in [2.24, 2.45) is 4.99 Å². The molecule has 1 heterocycles. The molecule has 0 atom stereocenters. The highest BCUT2D eigenvalue weighted by Crippen LogP contribution is 2.19. The highest BCUT2D eigenvalue weighted by Gasteiger charge is 2.26. The molecule has 0 unspecified atom stereocenters. The average Bonchev–Trinajstić information content (AvgIpc) is 2.68. The summed E-state index contributed by atoms with van der Waals surface area (Å²) < 4.78 is 36.7. The molecular formula is C19H28F3N5O. The Morgan fingerprint density at radius 3 is 2.39 bits per heavy atom. The van der Waals surface area contributed by atoms with E-state index in [1.807, 2.05) is 30.0 Å². The van der Waals surface area contributed by atoms with E-state index in [0.717, 1.165) is 18.8 Å². The first kappa shape index (κ1) is 21.8. The molecule has 156 valence electrons. The Kier molecular flexibility index (Phi) is 8.41. The Labute approximate surface area is 163 Å². The average molecular weight is 399 g/mol. The number of guanidine groups is 1. The fourth-order valence-electron chi connectivity index (χ4n) is 2.94. The summed E-state index contributed by atoms with van der Waals surface area (Å²) in [6.07, 6.45) is -4.91. The lowest BCUT2D eigenvalue weighted by Gasteiger charge is -2.36. The zero-order chi connectivity index (χ0) is 20.4. The third kappa shape index (κ3) is 7.66. The lowest BCUT2D eigenvalue weighted by atomic mass is 10.2. The summed E-state index contributed by atoms with van der Waals surface area (Å²) in [6, 6.07) is 10.1. The van der Waals surface area contributed by atoms with Crippen molar-refractivity contribution in [3.63, 3.8) is 0 Å². The van der Waals surface area contributed by atoms with Crippen LogP contribution in [0.3, 0.4) is 0 Å². The van der Waals surface area contributed by atoms with E-state index in [9.17, 15) is 18.0 Å². The van der Waals surface area contributed by atoms with Crippen LogP contribution in [0.5, 0.6) is 0 Å². The first-order valence-electron chi connectivity index (χ1n) is 9.56. The molecule has 1 fully saturated rings. The summed E-state index contributed by atoms with van der Waals surface area (Å²) in [5, 5.41) is 5.81. The molecule has 0 radical (unpaired) electrons. The van der Waals surface area contributed by atoms with Gasteiger partial charge in [-0.3, -0.25) is 9.79 Å². The number of amides is 1. The van der Waals surface area contributed by atoms with Crippen molar-refractivity contribution in [3.8, 4) is 0 Å². The fraction of sp³-hybridized carbons (Fsp3) is 0.579. The van der Waals surface area contributed by atoms with E-state index in [2.05, 4.69) is 32.7 Å². The topological polar surface area (TPSA) is 60.0 Å². The monoisotopic (exact) mass is 399 g/mol. The number of benzene rings is 1. The third-order valence-electron chi connectivity index (χ3n) is 4.39. The van der Waals surface area contributed by atoms with Crippen LogP contribution < -0.4 is 15.5 Å². The number of piperazine rings is 1. The summed E-state index contributed by atoms with van der Waals surface area (Å²) >= 11 is 0. The van der Waals surface area contributed by atoms with Gasteiger partial charge in [0, 0.05) is 51.4 Å².